The van der Waals surface area contributed by atoms with Gasteiger partial charge in [0.2, 0.25) is 0 Å². The number of aromatic carboxylic acids is 1. The molecular weight excluding hydrogens is 318 g/mol. The predicted molar refractivity (Wildman–Crippen MR) is 96.3 cm³/mol. The minimum Gasteiger partial charge on any atom is -0.477 e. The van der Waals surface area contributed by atoms with Crippen molar-refractivity contribution < 1.29 is 14.6 Å². The highest BCUT2D eigenvalue weighted by Gasteiger charge is 2.26. The Labute approximate surface area is 147 Å². The molecule has 0 aliphatic carbocycles. The number of hydrogen-bond donors (Lipinski definition) is 1. The minimum absolute atomic E-state index is 0.0932. The van der Waals surface area contributed by atoms with E-state index in [2.05, 4.69) is 20.9 Å². The lowest BCUT2D eigenvalue weighted by molar-refractivity contribution is 0.0115. The Bertz CT molecular complexity index is 766. The Morgan fingerprint density at radius 1 is 1.08 bits per heavy atom. The molecule has 3 heterocycles. The molecule has 25 heavy (non-hydrogen) atoms. The molecule has 132 valence electrons. The first kappa shape index (κ1) is 16.3. The fourth-order valence-electron chi connectivity index (χ4n) is 3.85. The monoisotopic (exact) mass is 341 g/mol. The second kappa shape index (κ2) is 6.98. The van der Waals surface area contributed by atoms with Gasteiger partial charge in [-0.25, -0.2) is 9.78 Å². The van der Waals surface area contributed by atoms with Crippen LogP contribution < -0.4 is 4.90 Å². The molecular formula is C19H23N3O3. The van der Waals surface area contributed by atoms with E-state index in [9.17, 15) is 4.79 Å². The maximum atomic E-state index is 11.1. The van der Waals surface area contributed by atoms with Crippen LogP contribution >= 0.6 is 0 Å². The standard InChI is InChI=1S/C19H23N3O3/c23-19(24)17-4-2-14-1-3-16(13-18(14)20-17)21-7-5-15(6-8-21)22-9-11-25-12-10-22/h1-4,13,15H,5-12H2,(H,23,24). The van der Waals surface area contributed by atoms with E-state index in [1.54, 1.807) is 6.07 Å². The summed E-state index contributed by atoms with van der Waals surface area (Å²) in [7, 11) is 0. The van der Waals surface area contributed by atoms with E-state index in [-0.39, 0.29) is 5.69 Å². The summed E-state index contributed by atoms with van der Waals surface area (Å²) in [4.78, 5) is 20.3. The number of piperidine rings is 1. The van der Waals surface area contributed by atoms with Crippen molar-refractivity contribution in [3.8, 4) is 0 Å². The number of ether oxygens (including phenoxy) is 1. The summed E-state index contributed by atoms with van der Waals surface area (Å²) in [6, 6.07) is 10.2. The van der Waals surface area contributed by atoms with E-state index in [1.165, 1.54) is 0 Å². The molecule has 2 fully saturated rings. The summed E-state index contributed by atoms with van der Waals surface area (Å²) in [5.74, 6) is -0.987. The summed E-state index contributed by atoms with van der Waals surface area (Å²) in [6.07, 6.45) is 2.31. The zero-order chi connectivity index (χ0) is 17.2. The van der Waals surface area contributed by atoms with E-state index in [1.807, 2.05) is 18.2 Å². The number of aromatic nitrogens is 1. The molecule has 1 aromatic carbocycles. The topological polar surface area (TPSA) is 65.9 Å². The van der Waals surface area contributed by atoms with Crippen molar-refractivity contribution in [1.29, 1.82) is 0 Å². The van der Waals surface area contributed by atoms with Crippen molar-refractivity contribution >= 4 is 22.6 Å². The Morgan fingerprint density at radius 2 is 1.80 bits per heavy atom. The molecule has 6 nitrogen and oxygen atoms in total. The van der Waals surface area contributed by atoms with Crippen molar-refractivity contribution in [2.75, 3.05) is 44.3 Å². The van der Waals surface area contributed by atoms with Crippen LogP contribution in [-0.4, -0.2) is 66.4 Å². The Kier molecular flexibility index (Phi) is 4.55. The number of pyridine rings is 1. The van der Waals surface area contributed by atoms with Crippen molar-refractivity contribution in [3.05, 3.63) is 36.0 Å². The first-order valence-electron chi connectivity index (χ1n) is 8.91. The Morgan fingerprint density at radius 3 is 2.52 bits per heavy atom. The fraction of sp³-hybridized carbons (Fsp3) is 0.474. The highest BCUT2D eigenvalue weighted by atomic mass is 16.5. The third-order valence-corrected chi connectivity index (χ3v) is 5.29. The maximum absolute atomic E-state index is 11.1. The van der Waals surface area contributed by atoms with Crippen LogP contribution in [0.4, 0.5) is 5.69 Å². The van der Waals surface area contributed by atoms with Gasteiger partial charge in [0.15, 0.2) is 0 Å². The van der Waals surface area contributed by atoms with Crippen LogP contribution in [0.1, 0.15) is 23.3 Å². The number of anilines is 1. The van der Waals surface area contributed by atoms with Crippen molar-refractivity contribution in [2.24, 2.45) is 0 Å². The van der Waals surface area contributed by atoms with Crippen LogP contribution in [0.15, 0.2) is 30.3 Å². The van der Waals surface area contributed by atoms with Crippen molar-refractivity contribution in [3.63, 3.8) is 0 Å². The Hall–Kier alpha value is -2.18. The number of carboxylic acid groups (broad SMARTS) is 1. The zero-order valence-corrected chi connectivity index (χ0v) is 14.2. The van der Waals surface area contributed by atoms with Gasteiger partial charge in [-0.15, -0.1) is 0 Å². The SMILES string of the molecule is O=C(O)c1ccc2ccc(N3CCC(N4CCOCC4)CC3)cc2n1. The van der Waals surface area contributed by atoms with Gasteiger partial charge in [-0.1, -0.05) is 12.1 Å². The fourth-order valence-corrected chi connectivity index (χ4v) is 3.85. The number of fused-ring (bicyclic) bond motifs is 1. The van der Waals surface area contributed by atoms with Gasteiger partial charge in [0.05, 0.1) is 18.7 Å². The number of benzene rings is 1. The molecule has 4 rings (SSSR count). The molecule has 2 saturated heterocycles. The molecule has 1 N–H and O–H groups in total. The molecule has 0 unspecified atom stereocenters. The predicted octanol–water partition coefficient (Wildman–Crippen LogP) is 2.23. The quantitative estimate of drug-likeness (QED) is 0.924. The van der Waals surface area contributed by atoms with Gasteiger partial charge in [0, 0.05) is 43.3 Å². The van der Waals surface area contributed by atoms with E-state index in [0.29, 0.717) is 6.04 Å². The van der Waals surface area contributed by atoms with Crippen LogP contribution in [0.2, 0.25) is 0 Å². The van der Waals surface area contributed by atoms with Gasteiger partial charge in [0.25, 0.3) is 0 Å². The van der Waals surface area contributed by atoms with Gasteiger partial charge >= 0.3 is 5.97 Å². The van der Waals surface area contributed by atoms with E-state index < -0.39 is 5.97 Å². The first-order valence-corrected chi connectivity index (χ1v) is 8.91. The third-order valence-electron chi connectivity index (χ3n) is 5.29. The van der Waals surface area contributed by atoms with E-state index in [0.717, 1.165) is 68.8 Å². The number of carboxylic acids is 1. The minimum atomic E-state index is -0.987. The van der Waals surface area contributed by atoms with Crippen LogP contribution in [0.3, 0.4) is 0 Å². The van der Waals surface area contributed by atoms with E-state index >= 15 is 0 Å². The molecule has 0 saturated carbocycles. The molecule has 1 aromatic heterocycles. The second-order valence-corrected chi connectivity index (χ2v) is 6.75. The van der Waals surface area contributed by atoms with Crippen molar-refractivity contribution in [2.45, 2.75) is 18.9 Å². The van der Waals surface area contributed by atoms with Gasteiger partial charge in [-0.2, -0.15) is 0 Å². The molecule has 0 amide bonds. The molecule has 0 radical (unpaired) electrons. The van der Waals surface area contributed by atoms with Gasteiger partial charge in [-0.3, -0.25) is 4.90 Å². The number of morpholine rings is 1. The third kappa shape index (κ3) is 3.45. The second-order valence-electron chi connectivity index (χ2n) is 6.75. The number of nitrogens with zero attached hydrogens (tertiary/aromatic N) is 3. The maximum Gasteiger partial charge on any atom is 0.354 e. The lowest BCUT2D eigenvalue weighted by Gasteiger charge is -2.40. The summed E-state index contributed by atoms with van der Waals surface area (Å²) < 4.78 is 5.45. The lowest BCUT2D eigenvalue weighted by Crippen LogP contribution is -2.49. The number of rotatable bonds is 3. The molecule has 0 spiro atoms. The average molecular weight is 341 g/mol. The van der Waals surface area contributed by atoms with Gasteiger partial charge < -0.3 is 14.7 Å². The normalized spacial score (nSPS) is 20.1. The zero-order valence-electron chi connectivity index (χ0n) is 14.2. The average Bonchev–Trinajstić information content (AvgIpc) is 2.68. The number of hydrogen-bond acceptors (Lipinski definition) is 5. The molecule has 2 aliphatic heterocycles. The molecule has 2 aromatic rings. The first-order chi connectivity index (χ1) is 12.2. The smallest absolute Gasteiger partial charge is 0.354 e. The molecule has 2 aliphatic rings. The highest BCUT2D eigenvalue weighted by molar-refractivity contribution is 5.90. The van der Waals surface area contributed by atoms with Crippen LogP contribution in [0.25, 0.3) is 10.9 Å². The molecule has 0 bridgehead atoms. The summed E-state index contributed by atoms with van der Waals surface area (Å²) >= 11 is 0. The van der Waals surface area contributed by atoms with Crippen LogP contribution in [0, 0.1) is 0 Å². The highest BCUT2D eigenvalue weighted by Crippen LogP contribution is 2.26. The van der Waals surface area contributed by atoms with Gasteiger partial charge in [-0.05, 0) is 31.0 Å². The van der Waals surface area contributed by atoms with Crippen molar-refractivity contribution in [1.82, 2.24) is 9.88 Å². The summed E-state index contributed by atoms with van der Waals surface area (Å²) in [5.41, 5.74) is 1.96. The molecule has 6 heteroatoms. The van der Waals surface area contributed by atoms with E-state index in [4.69, 9.17) is 9.84 Å². The summed E-state index contributed by atoms with van der Waals surface area (Å²) in [6.45, 7) is 5.83. The lowest BCUT2D eigenvalue weighted by atomic mass is 10.0. The summed E-state index contributed by atoms with van der Waals surface area (Å²) in [5, 5.41) is 10.1. The van der Waals surface area contributed by atoms with Crippen LogP contribution in [0.5, 0.6) is 0 Å². The van der Waals surface area contributed by atoms with Crippen LogP contribution in [-0.2, 0) is 4.74 Å². The van der Waals surface area contributed by atoms with Gasteiger partial charge in [0.1, 0.15) is 5.69 Å². The Balaban J connectivity index is 1.47. The number of carbonyl (C=O) groups is 1. The molecule has 0 atom stereocenters. The largest absolute Gasteiger partial charge is 0.477 e.